The number of fused-ring (bicyclic) bond motifs is 1. The van der Waals surface area contributed by atoms with Gasteiger partial charge in [0.1, 0.15) is 0 Å². The molecular formula is C16H23F2N3O. The molecule has 1 aliphatic rings. The molecule has 4 nitrogen and oxygen atoms in total. The maximum atomic E-state index is 12.5. The molecule has 2 atom stereocenters. The van der Waals surface area contributed by atoms with Crippen molar-refractivity contribution in [3.05, 3.63) is 29.8 Å². The Morgan fingerprint density at radius 2 is 2.09 bits per heavy atom. The predicted molar refractivity (Wildman–Crippen MR) is 82.9 cm³/mol. The van der Waals surface area contributed by atoms with Crippen molar-refractivity contribution in [3.63, 3.8) is 0 Å². The van der Waals surface area contributed by atoms with Crippen LogP contribution >= 0.6 is 0 Å². The van der Waals surface area contributed by atoms with Gasteiger partial charge in [0.05, 0.1) is 6.04 Å². The van der Waals surface area contributed by atoms with E-state index in [9.17, 15) is 13.6 Å². The standard InChI is InChI=1S/C16H23F2N3O/c1-3-12-10-20(2)14-7-5-4-6-11(14)9-21(12)16(22)13(19)8-15(17)18/h4-7,12-13,15H,3,8-10,19H2,1-2H3. The fraction of sp³-hybridized carbons (Fsp3) is 0.562. The summed E-state index contributed by atoms with van der Waals surface area (Å²) >= 11 is 0. The Hall–Kier alpha value is -1.69. The van der Waals surface area contributed by atoms with Gasteiger partial charge in [0.15, 0.2) is 0 Å². The average molecular weight is 311 g/mol. The van der Waals surface area contributed by atoms with Crippen molar-refractivity contribution in [2.45, 2.75) is 44.8 Å². The zero-order chi connectivity index (χ0) is 16.3. The third-order valence-corrected chi connectivity index (χ3v) is 4.17. The van der Waals surface area contributed by atoms with E-state index in [1.807, 2.05) is 38.2 Å². The summed E-state index contributed by atoms with van der Waals surface area (Å²) in [4.78, 5) is 16.3. The molecule has 0 aromatic heterocycles. The molecule has 0 spiro atoms. The molecular weight excluding hydrogens is 288 g/mol. The fourth-order valence-electron chi connectivity index (χ4n) is 2.96. The summed E-state index contributed by atoms with van der Waals surface area (Å²) in [5.74, 6) is -0.391. The summed E-state index contributed by atoms with van der Waals surface area (Å²) in [6.07, 6.45) is -2.41. The number of nitrogens with two attached hydrogens (primary N) is 1. The summed E-state index contributed by atoms with van der Waals surface area (Å²) in [5, 5.41) is 0. The van der Waals surface area contributed by atoms with Crippen LogP contribution in [0.3, 0.4) is 0 Å². The number of carbonyl (C=O) groups excluding carboxylic acids is 1. The lowest BCUT2D eigenvalue weighted by molar-refractivity contribution is -0.136. The largest absolute Gasteiger partial charge is 0.372 e. The van der Waals surface area contributed by atoms with Gasteiger partial charge in [0.25, 0.3) is 0 Å². The SMILES string of the molecule is CCC1CN(C)c2ccccc2CN1C(=O)C(N)CC(F)F. The normalized spacial score (nSPS) is 19.8. The molecule has 1 heterocycles. The molecule has 6 heteroatoms. The van der Waals surface area contributed by atoms with Gasteiger partial charge in [-0.2, -0.15) is 0 Å². The van der Waals surface area contributed by atoms with Crippen LogP contribution in [0.5, 0.6) is 0 Å². The van der Waals surface area contributed by atoms with Crippen LogP contribution in [-0.2, 0) is 11.3 Å². The number of carbonyl (C=O) groups is 1. The minimum absolute atomic E-state index is 0.0337. The van der Waals surface area contributed by atoms with Crippen molar-refractivity contribution < 1.29 is 13.6 Å². The number of likely N-dealkylation sites (N-methyl/N-ethyl adjacent to an activating group) is 1. The number of alkyl halides is 2. The average Bonchev–Trinajstić information content (AvgIpc) is 2.63. The van der Waals surface area contributed by atoms with E-state index in [1.54, 1.807) is 4.90 Å². The zero-order valence-corrected chi connectivity index (χ0v) is 13.0. The Kier molecular flexibility index (Phi) is 5.34. The number of rotatable bonds is 4. The number of anilines is 1. The zero-order valence-electron chi connectivity index (χ0n) is 13.0. The first-order valence-corrected chi connectivity index (χ1v) is 7.57. The smallest absolute Gasteiger partial charge is 0.240 e. The van der Waals surface area contributed by atoms with Gasteiger partial charge in [-0.05, 0) is 18.1 Å². The molecule has 0 aliphatic carbocycles. The second-order valence-electron chi connectivity index (χ2n) is 5.77. The quantitative estimate of drug-likeness (QED) is 0.927. The van der Waals surface area contributed by atoms with Crippen molar-refractivity contribution in [2.75, 3.05) is 18.5 Å². The van der Waals surface area contributed by atoms with E-state index >= 15 is 0 Å². The summed E-state index contributed by atoms with van der Waals surface area (Å²) < 4.78 is 25.0. The maximum Gasteiger partial charge on any atom is 0.240 e. The lowest BCUT2D eigenvalue weighted by Crippen LogP contribution is -2.50. The minimum Gasteiger partial charge on any atom is -0.372 e. The molecule has 2 rings (SSSR count). The highest BCUT2D eigenvalue weighted by molar-refractivity contribution is 5.82. The first-order chi connectivity index (χ1) is 10.4. The van der Waals surface area contributed by atoms with Gasteiger partial charge in [-0.1, -0.05) is 25.1 Å². The predicted octanol–water partition coefficient (Wildman–Crippen LogP) is 2.23. The van der Waals surface area contributed by atoms with Crippen LogP contribution in [0.2, 0.25) is 0 Å². The topological polar surface area (TPSA) is 49.6 Å². The highest BCUT2D eigenvalue weighted by Gasteiger charge is 2.32. The molecule has 122 valence electrons. The van der Waals surface area contributed by atoms with Crippen LogP contribution in [0.15, 0.2) is 24.3 Å². The number of para-hydroxylation sites is 1. The van der Waals surface area contributed by atoms with Crippen molar-refractivity contribution in [3.8, 4) is 0 Å². The number of nitrogens with zero attached hydrogens (tertiary/aromatic N) is 2. The summed E-state index contributed by atoms with van der Waals surface area (Å²) in [6, 6.07) is 6.66. The van der Waals surface area contributed by atoms with Crippen LogP contribution in [0, 0.1) is 0 Å². The third-order valence-electron chi connectivity index (χ3n) is 4.17. The van der Waals surface area contributed by atoms with Crippen LogP contribution in [0.4, 0.5) is 14.5 Å². The molecule has 1 amide bonds. The first-order valence-electron chi connectivity index (χ1n) is 7.57. The lowest BCUT2D eigenvalue weighted by Gasteiger charge is -2.32. The van der Waals surface area contributed by atoms with Crippen molar-refractivity contribution in [2.24, 2.45) is 5.73 Å². The lowest BCUT2D eigenvalue weighted by atomic mass is 10.1. The van der Waals surface area contributed by atoms with Gasteiger partial charge in [0, 0.05) is 38.3 Å². The molecule has 0 radical (unpaired) electrons. The number of hydrogen-bond donors (Lipinski definition) is 1. The Bertz CT molecular complexity index is 524. The van der Waals surface area contributed by atoms with Gasteiger partial charge >= 0.3 is 0 Å². The van der Waals surface area contributed by atoms with E-state index in [4.69, 9.17) is 5.73 Å². The number of hydrogen-bond acceptors (Lipinski definition) is 3. The van der Waals surface area contributed by atoms with Crippen LogP contribution in [0.25, 0.3) is 0 Å². The van der Waals surface area contributed by atoms with E-state index in [-0.39, 0.29) is 6.04 Å². The molecule has 22 heavy (non-hydrogen) atoms. The fourth-order valence-corrected chi connectivity index (χ4v) is 2.96. The Morgan fingerprint density at radius 3 is 2.73 bits per heavy atom. The number of benzene rings is 1. The van der Waals surface area contributed by atoms with Gasteiger partial charge in [0.2, 0.25) is 12.3 Å². The van der Waals surface area contributed by atoms with Crippen molar-refractivity contribution in [1.29, 1.82) is 0 Å². The monoisotopic (exact) mass is 311 g/mol. The van der Waals surface area contributed by atoms with Crippen LogP contribution in [-0.4, -0.2) is 42.9 Å². The Balaban J connectivity index is 2.27. The summed E-state index contributed by atoms with van der Waals surface area (Å²) in [7, 11) is 1.98. The number of halogens is 2. The Labute approximate surface area is 129 Å². The molecule has 0 saturated carbocycles. The van der Waals surface area contributed by atoms with Crippen molar-refractivity contribution in [1.82, 2.24) is 4.90 Å². The van der Waals surface area contributed by atoms with Gasteiger partial charge < -0.3 is 15.5 Å². The molecule has 0 fully saturated rings. The maximum absolute atomic E-state index is 12.5. The second-order valence-corrected chi connectivity index (χ2v) is 5.77. The second kappa shape index (κ2) is 7.05. The highest BCUT2D eigenvalue weighted by Crippen LogP contribution is 2.27. The van der Waals surface area contributed by atoms with E-state index in [2.05, 4.69) is 4.90 Å². The molecule has 1 aliphatic heterocycles. The van der Waals surface area contributed by atoms with E-state index < -0.39 is 24.8 Å². The van der Waals surface area contributed by atoms with Crippen LogP contribution < -0.4 is 10.6 Å². The van der Waals surface area contributed by atoms with E-state index in [0.29, 0.717) is 13.1 Å². The molecule has 2 N–H and O–H groups in total. The molecule has 2 unspecified atom stereocenters. The Morgan fingerprint density at radius 1 is 1.41 bits per heavy atom. The molecule has 1 aromatic carbocycles. The van der Waals surface area contributed by atoms with E-state index in [1.165, 1.54) is 0 Å². The first kappa shape index (κ1) is 16.7. The van der Waals surface area contributed by atoms with Gasteiger partial charge in [-0.3, -0.25) is 4.79 Å². The molecule has 0 saturated heterocycles. The minimum atomic E-state index is -2.57. The molecule has 0 bridgehead atoms. The van der Waals surface area contributed by atoms with E-state index in [0.717, 1.165) is 17.7 Å². The number of amides is 1. The van der Waals surface area contributed by atoms with Crippen LogP contribution in [0.1, 0.15) is 25.3 Å². The summed E-state index contributed by atoms with van der Waals surface area (Å²) in [5.41, 5.74) is 7.77. The third kappa shape index (κ3) is 3.55. The molecule has 1 aromatic rings. The van der Waals surface area contributed by atoms with Gasteiger partial charge in [-0.15, -0.1) is 0 Å². The van der Waals surface area contributed by atoms with Crippen molar-refractivity contribution >= 4 is 11.6 Å². The van der Waals surface area contributed by atoms with Gasteiger partial charge in [-0.25, -0.2) is 8.78 Å². The highest BCUT2D eigenvalue weighted by atomic mass is 19.3. The summed E-state index contributed by atoms with van der Waals surface area (Å²) in [6.45, 7) is 3.07.